The van der Waals surface area contributed by atoms with Crippen LogP contribution in [-0.4, -0.2) is 30.8 Å². The number of amides is 1. The molecule has 1 saturated heterocycles. The van der Waals surface area contributed by atoms with E-state index in [1.54, 1.807) is 6.92 Å². The summed E-state index contributed by atoms with van der Waals surface area (Å²) in [7, 11) is 0. The number of ether oxygens (including phenoxy) is 2. The molecule has 1 amide bonds. The Morgan fingerprint density at radius 2 is 2.54 bits per heavy atom. The highest BCUT2D eigenvalue weighted by Crippen LogP contribution is 2.10. The van der Waals surface area contributed by atoms with Gasteiger partial charge in [-0.2, -0.15) is 0 Å². The minimum atomic E-state index is -0.759. The topological polar surface area (TPSA) is 64.6 Å². The van der Waals surface area contributed by atoms with Crippen molar-refractivity contribution in [3.63, 3.8) is 0 Å². The predicted octanol–water partition coefficient (Wildman–Crippen LogP) is 0.212. The molecule has 5 heteroatoms. The van der Waals surface area contributed by atoms with Crippen LogP contribution in [0.1, 0.15) is 6.92 Å². The van der Waals surface area contributed by atoms with Crippen LogP contribution in [0.4, 0.5) is 4.79 Å². The molecule has 0 spiro atoms. The standard InChI is InChI=1S/C8H11NO4/c1-3-5-6(7(10)12-4-2)9-8(11)13-5/h3,5-6H,1,4H2,2H3,(H,9,11). The molecule has 0 aromatic carbocycles. The Morgan fingerprint density at radius 1 is 1.85 bits per heavy atom. The van der Waals surface area contributed by atoms with Gasteiger partial charge in [0, 0.05) is 0 Å². The smallest absolute Gasteiger partial charge is 0.408 e. The molecule has 0 saturated carbocycles. The zero-order valence-electron chi connectivity index (χ0n) is 7.28. The molecule has 1 N–H and O–H groups in total. The second-order valence-electron chi connectivity index (χ2n) is 2.48. The Labute approximate surface area is 75.7 Å². The highest BCUT2D eigenvalue weighted by Gasteiger charge is 2.38. The van der Waals surface area contributed by atoms with Crippen LogP contribution in [0.2, 0.25) is 0 Å². The van der Waals surface area contributed by atoms with Gasteiger partial charge in [0.25, 0.3) is 0 Å². The van der Waals surface area contributed by atoms with Crippen LogP contribution in [-0.2, 0) is 14.3 Å². The van der Waals surface area contributed by atoms with Crippen molar-refractivity contribution in [2.45, 2.75) is 19.1 Å². The van der Waals surface area contributed by atoms with Gasteiger partial charge < -0.3 is 14.8 Å². The monoisotopic (exact) mass is 185 g/mol. The average molecular weight is 185 g/mol. The molecular weight excluding hydrogens is 174 g/mol. The van der Waals surface area contributed by atoms with E-state index in [1.165, 1.54) is 6.08 Å². The Bertz CT molecular complexity index is 238. The van der Waals surface area contributed by atoms with Crippen molar-refractivity contribution < 1.29 is 19.1 Å². The first-order valence-corrected chi connectivity index (χ1v) is 3.95. The predicted molar refractivity (Wildman–Crippen MR) is 44.0 cm³/mol. The number of hydrogen-bond acceptors (Lipinski definition) is 4. The SMILES string of the molecule is C=CC1OC(=O)NC1C(=O)OCC. The second-order valence-corrected chi connectivity index (χ2v) is 2.48. The van der Waals surface area contributed by atoms with E-state index >= 15 is 0 Å². The van der Waals surface area contributed by atoms with Crippen LogP contribution in [0, 0.1) is 0 Å². The normalized spacial score (nSPS) is 26.1. The fourth-order valence-corrected chi connectivity index (χ4v) is 1.04. The Kier molecular flexibility index (Phi) is 2.89. The molecule has 5 nitrogen and oxygen atoms in total. The maximum absolute atomic E-state index is 11.2. The van der Waals surface area contributed by atoms with Gasteiger partial charge in [-0.25, -0.2) is 9.59 Å². The molecule has 0 aliphatic carbocycles. The van der Waals surface area contributed by atoms with E-state index in [1.807, 2.05) is 0 Å². The van der Waals surface area contributed by atoms with Gasteiger partial charge in [-0.1, -0.05) is 6.58 Å². The van der Waals surface area contributed by atoms with Crippen molar-refractivity contribution in [1.82, 2.24) is 5.32 Å². The Hall–Kier alpha value is -1.52. The molecule has 2 unspecified atom stereocenters. The lowest BCUT2D eigenvalue weighted by Gasteiger charge is -2.10. The van der Waals surface area contributed by atoms with Gasteiger partial charge in [-0.15, -0.1) is 0 Å². The fourth-order valence-electron chi connectivity index (χ4n) is 1.04. The van der Waals surface area contributed by atoms with Crippen LogP contribution in [0.15, 0.2) is 12.7 Å². The van der Waals surface area contributed by atoms with Gasteiger partial charge in [0.1, 0.15) is 0 Å². The summed E-state index contributed by atoms with van der Waals surface area (Å²) < 4.78 is 9.45. The summed E-state index contributed by atoms with van der Waals surface area (Å²) in [4.78, 5) is 21.9. The molecule has 1 fully saturated rings. The Morgan fingerprint density at radius 3 is 3.08 bits per heavy atom. The molecule has 0 aromatic rings. The first-order chi connectivity index (χ1) is 6.19. The van der Waals surface area contributed by atoms with Gasteiger partial charge in [-0.05, 0) is 13.0 Å². The maximum Gasteiger partial charge on any atom is 0.408 e. The van der Waals surface area contributed by atoms with Crippen LogP contribution >= 0.6 is 0 Å². The Balaban J connectivity index is 2.62. The van der Waals surface area contributed by atoms with Gasteiger partial charge in [0.05, 0.1) is 6.61 Å². The number of hydrogen-bond donors (Lipinski definition) is 1. The third kappa shape index (κ3) is 1.99. The summed E-state index contributed by atoms with van der Waals surface area (Å²) in [5.74, 6) is -0.502. The first-order valence-electron chi connectivity index (χ1n) is 3.95. The van der Waals surface area contributed by atoms with Crippen molar-refractivity contribution >= 4 is 12.1 Å². The highest BCUT2D eigenvalue weighted by molar-refractivity contribution is 5.85. The number of cyclic esters (lactones) is 1. The third-order valence-corrected chi connectivity index (χ3v) is 1.62. The second kappa shape index (κ2) is 3.93. The van der Waals surface area contributed by atoms with Gasteiger partial charge in [-0.3, -0.25) is 0 Å². The molecule has 1 aliphatic heterocycles. The van der Waals surface area contributed by atoms with E-state index in [2.05, 4.69) is 11.9 Å². The van der Waals surface area contributed by atoms with Gasteiger partial charge in [0.2, 0.25) is 0 Å². The lowest BCUT2D eigenvalue weighted by Crippen LogP contribution is -2.39. The third-order valence-electron chi connectivity index (χ3n) is 1.62. The molecule has 0 aromatic heterocycles. The minimum Gasteiger partial charge on any atom is -0.464 e. The zero-order chi connectivity index (χ0) is 9.84. The summed E-state index contributed by atoms with van der Waals surface area (Å²) in [5, 5.41) is 2.33. The van der Waals surface area contributed by atoms with Gasteiger partial charge >= 0.3 is 12.1 Å². The fraction of sp³-hybridized carbons (Fsp3) is 0.500. The summed E-state index contributed by atoms with van der Waals surface area (Å²) >= 11 is 0. The number of esters is 1. The van der Waals surface area contributed by atoms with Crippen LogP contribution < -0.4 is 5.32 Å². The largest absolute Gasteiger partial charge is 0.464 e. The van der Waals surface area contributed by atoms with E-state index in [9.17, 15) is 9.59 Å². The van der Waals surface area contributed by atoms with Crippen molar-refractivity contribution in [1.29, 1.82) is 0 Å². The molecule has 13 heavy (non-hydrogen) atoms. The van der Waals surface area contributed by atoms with Crippen LogP contribution in [0.25, 0.3) is 0 Å². The molecule has 0 bridgehead atoms. The van der Waals surface area contributed by atoms with Gasteiger partial charge in [0.15, 0.2) is 12.1 Å². The molecule has 1 rings (SSSR count). The summed E-state index contributed by atoms with van der Waals surface area (Å²) in [5.41, 5.74) is 0. The molecule has 0 radical (unpaired) electrons. The highest BCUT2D eigenvalue weighted by atomic mass is 16.6. The lowest BCUT2D eigenvalue weighted by molar-refractivity contribution is -0.146. The summed E-state index contributed by atoms with van der Waals surface area (Å²) in [6.45, 7) is 5.41. The maximum atomic E-state index is 11.2. The van der Waals surface area contributed by atoms with Crippen LogP contribution in [0.3, 0.4) is 0 Å². The molecule has 72 valence electrons. The van der Waals surface area contributed by atoms with Crippen molar-refractivity contribution in [2.75, 3.05) is 6.61 Å². The minimum absolute atomic E-state index is 0.273. The molecule has 1 heterocycles. The van der Waals surface area contributed by atoms with E-state index in [4.69, 9.17) is 9.47 Å². The van der Waals surface area contributed by atoms with Crippen molar-refractivity contribution in [3.8, 4) is 0 Å². The quantitative estimate of drug-likeness (QED) is 0.504. The average Bonchev–Trinajstić information content (AvgIpc) is 2.47. The van der Waals surface area contributed by atoms with E-state index in [0.29, 0.717) is 0 Å². The molecule has 2 atom stereocenters. The van der Waals surface area contributed by atoms with Crippen molar-refractivity contribution in [3.05, 3.63) is 12.7 Å². The van der Waals surface area contributed by atoms with E-state index in [-0.39, 0.29) is 6.61 Å². The molecular formula is C8H11NO4. The number of alkyl carbamates (subject to hydrolysis) is 1. The number of carbonyl (C=O) groups excluding carboxylic acids is 2. The van der Waals surface area contributed by atoms with E-state index in [0.717, 1.165) is 0 Å². The number of rotatable bonds is 3. The summed E-state index contributed by atoms with van der Waals surface area (Å²) in [6.07, 6.45) is 0.133. The lowest BCUT2D eigenvalue weighted by atomic mass is 10.2. The number of nitrogens with one attached hydrogen (secondary N) is 1. The molecule has 1 aliphatic rings. The number of carbonyl (C=O) groups is 2. The zero-order valence-corrected chi connectivity index (χ0v) is 7.28. The van der Waals surface area contributed by atoms with Crippen molar-refractivity contribution in [2.24, 2.45) is 0 Å². The first kappa shape index (κ1) is 9.57. The summed E-state index contributed by atoms with van der Waals surface area (Å²) in [6, 6.07) is -0.759. The van der Waals surface area contributed by atoms with E-state index < -0.39 is 24.2 Å². The van der Waals surface area contributed by atoms with Crippen LogP contribution in [0.5, 0.6) is 0 Å².